The van der Waals surface area contributed by atoms with Gasteiger partial charge in [0.1, 0.15) is 0 Å². The van der Waals surface area contributed by atoms with Gasteiger partial charge < -0.3 is 9.05 Å². The molecule has 0 aliphatic heterocycles. The molecular formula is C12H20ClN2O3PS2. The van der Waals surface area contributed by atoms with Crippen molar-refractivity contribution in [3.63, 3.8) is 0 Å². The largest absolute Gasteiger partial charge is 0.319 e. The molecule has 0 saturated heterocycles. The zero-order valence-corrected chi connectivity index (χ0v) is 16.0. The molecule has 0 radical (unpaired) electrons. The van der Waals surface area contributed by atoms with E-state index in [9.17, 15) is 4.79 Å². The Kier molecular flexibility index (Phi) is 7.37. The average molecular weight is 371 g/mol. The lowest BCUT2D eigenvalue weighted by molar-refractivity contribution is 0.186. The van der Waals surface area contributed by atoms with Gasteiger partial charge in [0.15, 0.2) is 5.15 Å². The zero-order chi connectivity index (χ0) is 16.2. The summed E-state index contributed by atoms with van der Waals surface area (Å²) in [6.45, 7) is 9.34. The van der Waals surface area contributed by atoms with Crippen molar-refractivity contribution in [3.8, 4) is 0 Å². The smallest absolute Gasteiger partial charge is 0.267 e. The summed E-state index contributed by atoms with van der Waals surface area (Å²) in [6, 6.07) is 1.45. The number of hydrogen-bond donors (Lipinski definition) is 0. The van der Waals surface area contributed by atoms with Crippen LogP contribution in [-0.2, 0) is 26.7 Å². The first-order chi connectivity index (χ1) is 9.63. The van der Waals surface area contributed by atoms with E-state index < -0.39 is 5.69 Å². The summed E-state index contributed by atoms with van der Waals surface area (Å²) in [5.41, 5.74) is -2.11. The fraction of sp³-hybridized carbons (Fsp3) is 0.667. The summed E-state index contributed by atoms with van der Waals surface area (Å²) in [5, 5.41) is 4.35. The van der Waals surface area contributed by atoms with Crippen molar-refractivity contribution in [1.29, 1.82) is 0 Å². The second-order valence-electron chi connectivity index (χ2n) is 4.97. The van der Waals surface area contributed by atoms with Gasteiger partial charge in [-0.15, -0.1) is 0 Å². The Bertz CT molecular complexity index is 578. The van der Waals surface area contributed by atoms with Crippen molar-refractivity contribution < 1.29 is 9.05 Å². The normalized spacial score (nSPS) is 12.4. The van der Waals surface area contributed by atoms with Gasteiger partial charge in [-0.25, -0.2) is 4.68 Å². The lowest BCUT2D eigenvalue weighted by atomic mass is 10.3. The van der Waals surface area contributed by atoms with Crippen LogP contribution in [-0.4, -0.2) is 22.0 Å². The van der Waals surface area contributed by atoms with E-state index in [-0.39, 0.29) is 23.6 Å². The molecule has 0 spiro atoms. The number of halogens is 1. The van der Waals surface area contributed by atoms with Crippen molar-refractivity contribution in [3.05, 3.63) is 27.1 Å². The van der Waals surface area contributed by atoms with Gasteiger partial charge in [-0.05, 0) is 63.4 Å². The molecule has 1 aromatic heterocycles. The Balaban J connectivity index is 2.89. The second-order valence-corrected chi connectivity index (χ2v) is 11.5. The Morgan fingerprint density at radius 3 is 2.38 bits per heavy atom. The van der Waals surface area contributed by atoms with E-state index in [1.54, 1.807) is 6.92 Å². The first-order valence-electron chi connectivity index (χ1n) is 6.48. The molecule has 1 heterocycles. The molecule has 0 N–H and O–H groups in total. The van der Waals surface area contributed by atoms with Crippen LogP contribution in [0.1, 0.15) is 33.3 Å². The van der Waals surface area contributed by atoms with Gasteiger partial charge in [0.25, 0.3) is 5.56 Å². The number of aryl methyl sites for hydroxylation is 1. The highest BCUT2D eigenvalue weighted by atomic mass is 35.5. The van der Waals surface area contributed by atoms with Crippen LogP contribution in [0.4, 0.5) is 0 Å². The van der Waals surface area contributed by atoms with Gasteiger partial charge in [0.2, 0.25) is 5.69 Å². The molecule has 0 saturated carbocycles. The highest BCUT2D eigenvalue weighted by Gasteiger charge is 2.24. The first-order valence-corrected chi connectivity index (χ1v) is 11.1. The quantitative estimate of drug-likeness (QED) is 0.677. The Morgan fingerprint density at radius 1 is 1.38 bits per heavy atom. The van der Waals surface area contributed by atoms with Gasteiger partial charge in [-0.2, -0.15) is 5.10 Å². The van der Waals surface area contributed by atoms with E-state index >= 15 is 0 Å². The zero-order valence-electron chi connectivity index (χ0n) is 12.7. The molecule has 120 valence electrons. The molecule has 0 atom stereocenters. The van der Waals surface area contributed by atoms with Crippen molar-refractivity contribution in [2.24, 2.45) is 0 Å². The third kappa shape index (κ3) is 6.38. The van der Waals surface area contributed by atoms with Crippen LogP contribution in [0.25, 0.3) is 0 Å². The van der Waals surface area contributed by atoms with Crippen molar-refractivity contribution in [2.45, 2.75) is 52.7 Å². The van der Waals surface area contributed by atoms with Crippen LogP contribution in [0.15, 0.2) is 10.9 Å². The minimum Gasteiger partial charge on any atom is -0.319 e. The predicted molar refractivity (Wildman–Crippen MR) is 92.6 cm³/mol. The van der Waals surface area contributed by atoms with E-state index in [0.29, 0.717) is 10.7 Å². The van der Waals surface area contributed by atoms with Gasteiger partial charge >= 0.3 is 0 Å². The molecule has 9 heteroatoms. The van der Waals surface area contributed by atoms with Crippen molar-refractivity contribution in [1.82, 2.24) is 9.78 Å². The van der Waals surface area contributed by atoms with E-state index in [4.69, 9.17) is 32.5 Å². The first kappa shape index (κ1) is 19.1. The molecule has 0 amide bonds. The summed E-state index contributed by atoms with van der Waals surface area (Å²) in [4.78, 5) is 11.9. The maximum atomic E-state index is 11.9. The summed E-state index contributed by atoms with van der Waals surface area (Å²) >= 11 is 12.7. The number of rotatable bonds is 7. The minimum atomic E-state index is -2.54. The van der Waals surface area contributed by atoms with Crippen LogP contribution >= 0.6 is 28.7 Å². The summed E-state index contributed by atoms with van der Waals surface area (Å²) < 4.78 is 12.8. The minimum absolute atomic E-state index is 0.0478. The lowest BCUT2D eigenvalue weighted by Gasteiger charge is -2.25. The third-order valence-corrected chi connectivity index (χ3v) is 7.83. The van der Waals surface area contributed by atoms with Crippen molar-refractivity contribution in [2.75, 3.05) is 0 Å². The molecule has 0 unspecified atom stereocenters. The fourth-order valence-electron chi connectivity index (χ4n) is 1.37. The molecule has 1 aromatic rings. The van der Waals surface area contributed by atoms with Crippen molar-refractivity contribution >= 4 is 40.5 Å². The molecule has 0 aliphatic rings. The highest BCUT2D eigenvalue weighted by molar-refractivity contribution is 8.67. The predicted octanol–water partition coefficient (Wildman–Crippen LogP) is 3.97. The fourth-order valence-corrected chi connectivity index (χ4v) is 6.77. The number of hydrogen-bond acceptors (Lipinski definition) is 6. The monoisotopic (exact) mass is 370 g/mol. The molecular weight excluding hydrogens is 351 g/mol. The molecule has 1 rings (SSSR count). The van der Waals surface area contributed by atoms with Gasteiger partial charge in [0.05, 0.1) is 18.1 Å². The van der Waals surface area contributed by atoms with Crippen LogP contribution in [0.2, 0.25) is 5.15 Å². The molecule has 0 aromatic carbocycles. The van der Waals surface area contributed by atoms with Gasteiger partial charge in [-0.3, -0.25) is 4.79 Å². The van der Waals surface area contributed by atoms with E-state index in [1.165, 1.54) is 22.1 Å². The van der Waals surface area contributed by atoms with Gasteiger partial charge in [0, 0.05) is 6.07 Å². The topological polar surface area (TPSA) is 53.4 Å². The number of aromatic nitrogens is 2. The molecule has 0 bridgehead atoms. The van der Waals surface area contributed by atoms with Crippen LogP contribution in [0.5, 0.6) is 0 Å². The van der Waals surface area contributed by atoms with Crippen LogP contribution in [0.3, 0.4) is 0 Å². The Morgan fingerprint density at radius 2 is 1.90 bits per heavy atom. The molecule has 5 nitrogen and oxygen atoms in total. The SMILES string of the molecule is Cc1cc(=O)n(CSP(=S)(OC(C)C)OC(C)C)nc1Cl. The Labute approximate surface area is 139 Å². The maximum absolute atomic E-state index is 11.9. The average Bonchev–Trinajstić information content (AvgIpc) is 2.30. The maximum Gasteiger partial charge on any atom is 0.267 e. The highest BCUT2D eigenvalue weighted by Crippen LogP contribution is 2.62. The van der Waals surface area contributed by atoms with E-state index in [0.717, 1.165) is 0 Å². The van der Waals surface area contributed by atoms with Gasteiger partial charge in [-0.1, -0.05) is 11.6 Å². The summed E-state index contributed by atoms with van der Waals surface area (Å²) in [6.07, 6.45) is -0.0956. The van der Waals surface area contributed by atoms with Crippen LogP contribution < -0.4 is 5.56 Å². The van der Waals surface area contributed by atoms with E-state index in [2.05, 4.69) is 5.10 Å². The summed E-state index contributed by atoms with van der Waals surface area (Å²) in [5.74, 6) is 0.246. The second kappa shape index (κ2) is 8.09. The Hall–Kier alpha value is 0.0900. The standard InChI is InChI=1S/C12H20ClN2O3PS2/c1-8(2)17-19(20,18-9(3)4)21-7-15-11(16)6-10(5)12(13)14-15/h6,8-9H,7H2,1-5H3. The third-order valence-electron chi connectivity index (χ3n) is 2.15. The molecule has 21 heavy (non-hydrogen) atoms. The van der Waals surface area contributed by atoms with E-state index in [1.807, 2.05) is 27.7 Å². The summed E-state index contributed by atoms with van der Waals surface area (Å²) in [7, 11) is 0. The molecule has 0 fully saturated rings. The number of nitrogens with zero attached hydrogens (tertiary/aromatic N) is 2. The van der Waals surface area contributed by atoms with Crippen LogP contribution in [0, 0.1) is 6.92 Å². The lowest BCUT2D eigenvalue weighted by Crippen LogP contribution is -2.22. The molecule has 0 aliphatic carbocycles.